The van der Waals surface area contributed by atoms with E-state index in [-0.39, 0.29) is 12.6 Å². The van der Waals surface area contributed by atoms with Crippen LogP contribution < -0.4 is 5.73 Å². The van der Waals surface area contributed by atoms with Crippen molar-refractivity contribution in [2.75, 3.05) is 0 Å². The minimum absolute atomic E-state index is 0.258. The maximum Gasteiger partial charge on any atom is 0.322 e. The Labute approximate surface area is 119 Å². The Bertz CT molecular complexity index is 588. The van der Waals surface area contributed by atoms with Crippen LogP contribution in [0.5, 0.6) is 0 Å². The first-order valence-electron chi connectivity index (χ1n) is 6.65. The molecule has 0 aliphatic carbocycles. The molecule has 0 heterocycles. The van der Waals surface area contributed by atoms with Crippen molar-refractivity contribution in [3.63, 3.8) is 0 Å². The Morgan fingerprint density at radius 3 is 2.40 bits per heavy atom. The minimum Gasteiger partial charge on any atom is -0.460 e. The lowest BCUT2D eigenvalue weighted by atomic mass is 10.00. The molecule has 3 heteroatoms. The zero-order valence-electron chi connectivity index (χ0n) is 11.8. The number of ether oxygens (including phenoxy) is 1. The first-order chi connectivity index (χ1) is 9.58. The molecule has 0 radical (unpaired) electrons. The third-order valence-electron chi connectivity index (χ3n) is 3.16. The number of nitrogens with two attached hydrogens (primary N) is 1. The summed E-state index contributed by atoms with van der Waals surface area (Å²) in [6.45, 7) is 3.96. The van der Waals surface area contributed by atoms with Crippen molar-refractivity contribution in [3.8, 4) is 11.1 Å². The van der Waals surface area contributed by atoms with Gasteiger partial charge in [-0.2, -0.15) is 0 Å². The molecule has 0 bridgehead atoms. The number of carbonyl (C=O) groups is 1. The third kappa shape index (κ3) is 3.45. The number of benzene rings is 2. The summed E-state index contributed by atoms with van der Waals surface area (Å²) in [5.41, 5.74) is 10.0. The smallest absolute Gasteiger partial charge is 0.322 e. The number of carbonyl (C=O) groups excluding carboxylic acids is 1. The second-order valence-corrected chi connectivity index (χ2v) is 4.91. The van der Waals surface area contributed by atoms with E-state index in [1.165, 1.54) is 11.1 Å². The minimum atomic E-state index is -0.582. The van der Waals surface area contributed by atoms with E-state index in [1.54, 1.807) is 6.92 Å². The van der Waals surface area contributed by atoms with Crippen LogP contribution in [0.3, 0.4) is 0 Å². The lowest BCUT2D eigenvalue weighted by Gasteiger charge is -2.09. The summed E-state index contributed by atoms with van der Waals surface area (Å²) in [7, 11) is 0. The number of esters is 1. The molecule has 20 heavy (non-hydrogen) atoms. The molecule has 0 aliphatic heterocycles. The van der Waals surface area contributed by atoms with Crippen LogP contribution in [0.15, 0.2) is 48.5 Å². The van der Waals surface area contributed by atoms with Crippen LogP contribution in [0, 0.1) is 6.92 Å². The van der Waals surface area contributed by atoms with Crippen molar-refractivity contribution in [1.29, 1.82) is 0 Å². The zero-order valence-corrected chi connectivity index (χ0v) is 11.8. The highest BCUT2D eigenvalue weighted by atomic mass is 16.5. The molecule has 2 aromatic carbocycles. The van der Waals surface area contributed by atoms with Gasteiger partial charge in [-0.1, -0.05) is 48.5 Å². The van der Waals surface area contributed by atoms with Crippen molar-refractivity contribution >= 4 is 5.97 Å². The average molecular weight is 269 g/mol. The lowest BCUT2D eigenvalue weighted by molar-refractivity contribution is -0.146. The van der Waals surface area contributed by atoms with Gasteiger partial charge in [0.1, 0.15) is 12.6 Å². The number of rotatable bonds is 4. The van der Waals surface area contributed by atoms with Gasteiger partial charge in [0.25, 0.3) is 0 Å². The summed E-state index contributed by atoms with van der Waals surface area (Å²) in [5.74, 6) is -0.381. The van der Waals surface area contributed by atoms with E-state index in [0.717, 1.165) is 11.1 Å². The molecule has 0 fully saturated rings. The first kappa shape index (κ1) is 14.3. The zero-order chi connectivity index (χ0) is 14.5. The van der Waals surface area contributed by atoms with E-state index < -0.39 is 6.04 Å². The summed E-state index contributed by atoms with van der Waals surface area (Å²) in [6, 6.07) is 15.7. The molecule has 2 aromatic rings. The van der Waals surface area contributed by atoms with E-state index in [0.29, 0.717) is 0 Å². The summed E-state index contributed by atoms with van der Waals surface area (Å²) >= 11 is 0. The predicted molar refractivity (Wildman–Crippen MR) is 80.1 cm³/mol. The molecule has 1 atom stereocenters. The summed E-state index contributed by atoms with van der Waals surface area (Å²) < 4.78 is 5.09. The van der Waals surface area contributed by atoms with Gasteiger partial charge in [0.05, 0.1) is 0 Å². The lowest BCUT2D eigenvalue weighted by Crippen LogP contribution is -2.28. The van der Waals surface area contributed by atoms with Gasteiger partial charge in [0.2, 0.25) is 0 Å². The van der Waals surface area contributed by atoms with Crippen LogP contribution in [0.4, 0.5) is 0 Å². The van der Waals surface area contributed by atoms with Gasteiger partial charge in [-0.25, -0.2) is 0 Å². The second-order valence-electron chi connectivity index (χ2n) is 4.91. The Kier molecular flexibility index (Phi) is 4.53. The standard InChI is InChI=1S/C17H19NO2/c1-12-5-3-4-6-16(12)15-9-7-14(8-10-15)11-20-17(19)13(2)18/h3-10,13H,11,18H2,1-2H3. The second kappa shape index (κ2) is 6.35. The fourth-order valence-electron chi connectivity index (χ4n) is 1.96. The SMILES string of the molecule is Cc1ccccc1-c1ccc(COC(=O)C(C)N)cc1. The molecule has 1 unspecified atom stereocenters. The van der Waals surface area contributed by atoms with Crippen LogP contribution in [0.25, 0.3) is 11.1 Å². The van der Waals surface area contributed by atoms with Gasteiger partial charge < -0.3 is 10.5 Å². The Balaban J connectivity index is 2.07. The van der Waals surface area contributed by atoms with Crippen molar-refractivity contribution < 1.29 is 9.53 Å². The number of aryl methyl sites for hydroxylation is 1. The molecule has 3 nitrogen and oxygen atoms in total. The van der Waals surface area contributed by atoms with Crippen molar-refractivity contribution in [2.45, 2.75) is 26.5 Å². The quantitative estimate of drug-likeness (QED) is 0.868. The van der Waals surface area contributed by atoms with Crippen molar-refractivity contribution in [3.05, 3.63) is 59.7 Å². The average Bonchev–Trinajstić information content (AvgIpc) is 2.46. The van der Waals surface area contributed by atoms with Crippen LogP contribution >= 0.6 is 0 Å². The number of hydrogen-bond donors (Lipinski definition) is 1. The fraction of sp³-hybridized carbons (Fsp3) is 0.235. The maximum atomic E-state index is 11.3. The maximum absolute atomic E-state index is 11.3. The van der Waals surface area contributed by atoms with Crippen LogP contribution in [0.2, 0.25) is 0 Å². The van der Waals surface area contributed by atoms with Crippen molar-refractivity contribution in [2.24, 2.45) is 5.73 Å². The Hall–Kier alpha value is -2.13. The van der Waals surface area contributed by atoms with Gasteiger partial charge in [0.15, 0.2) is 0 Å². The molecule has 104 valence electrons. The topological polar surface area (TPSA) is 52.3 Å². The van der Waals surface area contributed by atoms with E-state index in [4.69, 9.17) is 10.5 Å². The highest BCUT2D eigenvalue weighted by molar-refractivity contribution is 5.75. The van der Waals surface area contributed by atoms with Gasteiger partial charge in [-0.3, -0.25) is 4.79 Å². The summed E-state index contributed by atoms with van der Waals surface area (Å²) in [5, 5.41) is 0. The predicted octanol–water partition coefficient (Wildman–Crippen LogP) is 3.05. The fourth-order valence-corrected chi connectivity index (χ4v) is 1.96. The molecule has 2 rings (SSSR count). The highest BCUT2D eigenvalue weighted by Gasteiger charge is 2.08. The van der Waals surface area contributed by atoms with Gasteiger partial charge in [0, 0.05) is 0 Å². The first-order valence-corrected chi connectivity index (χ1v) is 6.65. The largest absolute Gasteiger partial charge is 0.460 e. The molecular weight excluding hydrogens is 250 g/mol. The van der Waals surface area contributed by atoms with E-state index >= 15 is 0 Å². The molecule has 0 saturated carbocycles. The molecule has 0 spiro atoms. The molecule has 2 N–H and O–H groups in total. The van der Waals surface area contributed by atoms with Crippen LogP contribution in [-0.2, 0) is 16.1 Å². The van der Waals surface area contributed by atoms with Gasteiger partial charge in [-0.05, 0) is 36.1 Å². The van der Waals surface area contributed by atoms with Crippen molar-refractivity contribution in [1.82, 2.24) is 0 Å². The van der Waals surface area contributed by atoms with E-state index in [9.17, 15) is 4.79 Å². The van der Waals surface area contributed by atoms with Crippen LogP contribution in [-0.4, -0.2) is 12.0 Å². The van der Waals surface area contributed by atoms with E-state index in [1.807, 2.05) is 36.4 Å². The molecule has 0 aromatic heterocycles. The number of hydrogen-bond acceptors (Lipinski definition) is 3. The van der Waals surface area contributed by atoms with Crippen LogP contribution in [0.1, 0.15) is 18.1 Å². The monoisotopic (exact) mass is 269 g/mol. The highest BCUT2D eigenvalue weighted by Crippen LogP contribution is 2.23. The molecule has 0 amide bonds. The Morgan fingerprint density at radius 1 is 1.15 bits per heavy atom. The normalized spacial score (nSPS) is 11.9. The van der Waals surface area contributed by atoms with Gasteiger partial charge in [-0.15, -0.1) is 0 Å². The molecular formula is C17H19NO2. The summed E-state index contributed by atoms with van der Waals surface area (Å²) in [4.78, 5) is 11.3. The Morgan fingerprint density at radius 2 is 1.80 bits per heavy atom. The third-order valence-corrected chi connectivity index (χ3v) is 3.16. The van der Waals surface area contributed by atoms with E-state index in [2.05, 4.69) is 19.1 Å². The molecule has 0 saturated heterocycles. The molecule has 0 aliphatic rings. The summed E-state index contributed by atoms with van der Waals surface area (Å²) in [6.07, 6.45) is 0. The van der Waals surface area contributed by atoms with Gasteiger partial charge >= 0.3 is 5.97 Å².